The monoisotopic (exact) mass is 311 g/mol. The van der Waals surface area contributed by atoms with Crippen LogP contribution in [0.3, 0.4) is 0 Å². The highest BCUT2D eigenvalue weighted by atomic mass is 32.2. The number of hydrogen-bond acceptors (Lipinski definition) is 3. The van der Waals surface area contributed by atoms with Crippen molar-refractivity contribution in [2.75, 3.05) is 4.90 Å². The third kappa shape index (κ3) is 3.22. The summed E-state index contributed by atoms with van der Waals surface area (Å²) in [6.45, 7) is 2.06. The van der Waals surface area contributed by atoms with E-state index >= 15 is 0 Å². The van der Waals surface area contributed by atoms with Crippen molar-refractivity contribution < 1.29 is 9.59 Å². The van der Waals surface area contributed by atoms with Gasteiger partial charge >= 0.3 is 0 Å². The van der Waals surface area contributed by atoms with Crippen molar-refractivity contribution in [3.05, 3.63) is 54.1 Å². The summed E-state index contributed by atoms with van der Waals surface area (Å²) in [6, 6.07) is 15.9. The van der Waals surface area contributed by atoms with E-state index in [1.165, 1.54) is 10.5 Å². The third-order valence-corrected chi connectivity index (χ3v) is 4.61. The minimum Gasteiger partial charge on any atom is -0.274 e. The lowest BCUT2D eigenvalue weighted by Crippen LogP contribution is -2.40. The van der Waals surface area contributed by atoms with E-state index in [1.807, 2.05) is 24.3 Å². The van der Waals surface area contributed by atoms with Gasteiger partial charge in [-0.25, -0.2) is 0 Å². The van der Waals surface area contributed by atoms with Crippen LogP contribution in [-0.2, 0) is 9.59 Å². The summed E-state index contributed by atoms with van der Waals surface area (Å²) in [4.78, 5) is 27.5. The first-order valence-electron chi connectivity index (χ1n) is 7.34. The summed E-state index contributed by atoms with van der Waals surface area (Å²) >= 11 is 1.63. The summed E-state index contributed by atoms with van der Waals surface area (Å²) in [5.74, 6) is -0.206. The van der Waals surface area contributed by atoms with Crippen molar-refractivity contribution in [1.82, 2.24) is 0 Å². The molecule has 0 aromatic heterocycles. The number of piperidine rings is 1. The first kappa shape index (κ1) is 14.9. The zero-order valence-corrected chi connectivity index (χ0v) is 13.2. The van der Waals surface area contributed by atoms with Crippen LogP contribution in [0.4, 0.5) is 5.69 Å². The quantitative estimate of drug-likeness (QED) is 0.798. The molecule has 4 heteroatoms. The van der Waals surface area contributed by atoms with E-state index in [-0.39, 0.29) is 11.8 Å². The molecule has 1 aliphatic heterocycles. The molecule has 3 rings (SSSR count). The SMILES string of the molecule is Cc1ccc(Sc2cccc(N3C(=O)CCCC3=O)c2)cc1. The molecule has 0 bridgehead atoms. The van der Waals surface area contributed by atoms with Gasteiger partial charge in [-0.2, -0.15) is 0 Å². The van der Waals surface area contributed by atoms with Crippen LogP contribution < -0.4 is 4.90 Å². The van der Waals surface area contributed by atoms with Crippen LogP contribution in [0.5, 0.6) is 0 Å². The van der Waals surface area contributed by atoms with Gasteiger partial charge in [0, 0.05) is 22.6 Å². The van der Waals surface area contributed by atoms with E-state index < -0.39 is 0 Å². The van der Waals surface area contributed by atoms with E-state index in [2.05, 4.69) is 31.2 Å². The van der Waals surface area contributed by atoms with Gasteiger partial charge in [-0.1, -0.05) is 35.5 Å². The lowest BCUT2D eigenvalue weighted by molar-refractivity contribution is -0.129. The number of imide groups is 1. The van der Waals surface area contributed by atoms with Gasteiger partial charge in [0.25, 0.3) is 0 Å². The second-order valence-corrected chi connectivity index (χ2v) is 6.54. The maximum atomic E-state index is 12.0. The van der Waals surface area contributed by atoms with Crippen LogP contribution in [0, 0.1) is 6.92 Å². The molecule has 1 aliphatic rings. The van der Waals surface area contributed by atoms with Crippen molar-refractivity contribution in [2.45, 2.75) is 36.0 Å². The lowest BCUT2D eigenvalue weighted by atomic mass is 10.1. The minimum atomic E-state index is -0.103. The fourth-order valence-electron chi connectivity index (χ4n) is 2.47. The largest absolute Gasteiger partial charge is 0.274 e. The fraction of sp³-hybridized carbons (Fsp3) is 0.222. The first-order valence-corrected chi connectivity index (χ1v) is 8.15. The Morgan fingerprint density at radius 2 is 1.59 bits per heavy atom. The lowest BCUT2D eigenvalue weighted by Gasteiger charge is -2.25. The topological polar surface area (TPSA) is 37.4 Å². The second-order valence-electron chi connectivity index (χ2n) is 5.39. The molecular formula is C18H17NO2S. The number of hydrogen-bond donors (Lipinski definition) is 0. The number of nitrogens with zero attached hydrogens (tertiary/aromatic N) is 1. The molecule has 1 heterocycles. The number of amides is 2. The Labute approximate surface area is 134 Å². The van der Waals surface area contributed by atoms with Gasteiger partial charge < -0.3 is 0 Å². The highest BCUT2D eigenvalue weighted by Crippen LogP contribution is 2.31. The van der Waals surface area contributed by atoms with E-state index in [0.29, 0.717) is 24.9 Å². The summed E-state index contributed by atoms with van der Waals surface area (Å²) in [5.41, 5.74) is 1.90. The molecule has 0 saturated carbocycles. The standard InChI is InChI=1S/C18H17NO2S/c1-13-8-10-15(11-9-13)22-16-5-2-4-14(12-16)19-17(20)6-3-7-18(19)21/h2,4-5,8-12H,3,6-7H2,1H3. The Morgan fingerprint density at radius 3 is 2.27 bits per heavy atom. The predicted molar refractivity (Wildman–Crippen MR) is 88.1 cm³/mol. The number of rotatable bonds is 3. The van der Waals surface area contributed by atoms with Crippen LogP contribution >= 0.6 is 11.8 Å². The Morgan fingerprint density at radius 1 is 0.909 bits per heavy atom. The average molecular weight is 311 g/mol. The molecule has 1 fully saturated rings. The van der Waals surface area contributed by atoms with Crippen molar-refractivity contribution in [1.29, 1.82) is 0 Å². The molecule has 0 radical (unpaired) electrons. The van der Waals surface area contributed by atoms with E-state index in [0.717, 1.165) is 9.79 Å². The normalized spacial score (nSPS) is 15.2. The second kappa shape index (κ2) is 6.36. The van der Waals surface area contributed by atoms with Crippen molar-refractivity contribution in [3.63, 3.8) is 0 Å². The molecule has 2 amide bonds. The van der Waals surface area contributed by atoms with Gasteiger partial charge in [0.15, 0.2) is 0 Å². The van der Waals surface area contributed by atoms with Gasteiger partial charge in [-0.3, -0.25) is 14.5 Å². The Balaban J connectivity index is 1.84. The van der Waals surface area contributed by atoms with Gasteiger partial charge in [0.1, 0.15) is 0 Å². The van der Waals surface area contributed by atoms with E-state index in [4.69, 9.17) is 0 Å². The number of aryl methyl sites for hydroxylation is 1. The molecular weight excluding hydrogens is 294 g/mol. The van der Waals surface area contributed by atoms with Gasteiger partial charge in [0.05, 0.1) is 5.69 Å². The van der Waals surface area contributed by atoms with Crippen molar-refractivity contribution in [3.8, 4) is 0 Å². The zero-order valence-electron chi connectivity index (χ0n) is 12.4. The fourth-order valence-corrected chi connectivity index (χ4v) is 3.34. The van der Waals surface area contributed by atoms with Crippen LogP contribution in [0.25, 0.3) is 0 Å². The molecule has 2 aromatic rings. The average Bonchev–Trinajstić information content (AvgIpc) is 2.50. The maximum absolute atomic E-state index is 12.0. The van der Waals surface area contributed by atoms with Gasteiger partial charge in [0.2, 0.25) is 11.8 Å². The Kier molecular flexibility index (Phi) is 4.29. The van der Waals surface area contributed by atoms with Gasteiger partial charge in [-0.05, 0) is 43.7 Å². The Bertz CT molecular complexity index is 693. The van der Waals surface area contributed by atoms with Crippen molar-refractivity contribution in [2.24, 2.45) is 0 Å². The number of carbonyl (C=O) groups excluding carboxylic acids is 2. The van der Waals surface area contributed by atoms with Crippen LogP contribution in [-0.4, -0.2) is 11.8 Å². The molecule has 0 unspecified atom stereocenters. The zero-order chi connectivity index (χ0) is 15.5. The number of benzene rings is 2. The predicted octanol–water partition coefficient (Wildman–Crippen LogP) is 4.19. The van der Waals surface area contributed by atoms with E-state index in [9.17, 15) is 9.59 Å². The minimum absolute atomic E-state index is 0.103. The highest BCUT2D eigenvalue weighted by Gasteiger charge is 2.27. The molecule has 22 heavy (non-hydrogen) atoms. The smallest absolute Gasteiger partial charge is 0.233 e. The molecule has 112 valence electrons. The molecule has 0 atom stereocenters. The number of carbonyl (C=O) groups is 2. The maximum Gasteiger partial charge on any atom is 0.233 e. The van der Waals surface area contributed by atoms with Crippen LogP contribution in [0.15, 0.2) is 58.3 Å². The molecule has 0 spiro atoms. The Hall–Kier alpha value is -2.07. The molecule has 0 aliphatic carbocycles. The van der Waals surface area contributed by atoms with E-state index in [1.54, 1.807) is 11.8 Å². The van der Waals surface area contributed by atoms with Crippen LogP contribution in [0.1, 0.15) is 24.8 Å². The molecule has 2 aromatic carbocycles. The summed E-state index contributed by atoms with van der Waals surface area (Å²) < 4.78 is 0. The molecule has 1 saturated heterocycles. The van der Waals surface area contributed by atoms with Gasteiger partial charge in [-0.15, -0.1) is 0 Å². The summed E-state index contributed by atoms with van der Waals surface area (Å²) in [5, 5.41) is 0. The molecule has 3 nitrogen and oxygen atoms in total. The summed E-state index contributed by atoms with van der Waals surface area (Å²) in [6.07, 6.45) is 1.55. The highest BCUT2D eigenvalue weighted by molar-refractivity contribution is 7.99. The molecule has 0 N–H and O–H groups in total. The van der Waals surface area contributed by atoms with Crippen molar-refractivity contribution >= 4 is 29.3 Å². The van der Waals surface area contributed by atoms with Crippen LogP contribution in [0.2, 0.25) is 0 Å². The third-order valence-electron chi connectivity index (χ3n) is 3.61. The number of anilines is 1. The first-order chi connectivity index (χ1) is 10.6. The summed E-state index contributed by atoms with van der Waals surface area (Å²) in [7, 11) is 0.